The molecule has 1 unspecified atom stereocenters. The van der Waals surface area contributed by atoms with Gasteiger partial charge < -0.3 is 29.2 Å². The Morgan fingerprint density at radius 2 is 2.08 bits per heavy atom. The number of esters is 1. The van der Waals surface area contributed by atoms with Crippen LogP contribution in [-0.4, -0.2) is 49.1 Å². The topological polar surface area (TPSA) is 98.7 Å². The monoisotopic (exact) mass is 527 g/mol. The molecule has 1 amide bonds. The maximum absolute atomic E-state index is 13.1. The fourth-order valence-corrected chi connectivity index (χ4v) is 5.91. The van der Waals surface area contributed by atoms with Crippen LogP contribution in [0.25, 0.3) is 0 Å². The number of thiophene rings is 1. The van der Waals surface area contributed by atoms with Crippen molar-refractivity contribution in [2.24, 2.45) is 4.99 Å². The number of carbonyl (C=O) groups excluding carboxylic acids is 2. The van der Waals surface area contributed by atoms with Crippen molar-refractivity contribution in [2.45, 2.75) is 25.9 Å². The zero-order chi connectivity index (χ0) is 25.1. The Labute approximate surface area is 216 Å². The molecule has 188 valence electrons. The normalized spacial score (nSPS) is 18.1. The number of allylic oxidation sites excluding steroid dienone is 1. The van der Waals surface area contributed by atoms with Crippen LogP contribution in [-0.2, 0) is 25.6 Å². The number of fused-ring (bicyclic) bond motifs is 2. The number of nitrogens with one attached hydrogen (secondary N) is 1. The Morgan fingerprint density at radius 3 is 2.89 bits per heavy atom. The molecule has 1 aromatic carbocycles. The first kappa shape index (κ1) is 24.4. The van der Waals surface area contributed by atoms with Crippen molar-refractivity contribution < 1.29 is 28.5 Å². The van der Waals surface area contributed by atoms with E-state index in [4.69, 9.17) is 18.9 Å². The Balaban J connectivity index is 1.31. The number of benzene rings is 1. The second kappa shape index (κ2) is 10.8. The molecule has 0 aliphatic carbocycles. The number of aliphatic imine (C=N–C) groups is 1. The van der Waals surface area contributed by atoms with Gasteiger partial charge in [0.1, 0.15) is 12.6 Å². The Morgan fingerprint density at radius 1 is 1.22 bits per heavy atom. The molecule has 3 aliphatic heterocycles. The quantitative estimate of drug-likeness (QED) is 0.387. The van der Waals surface area contributed by atoms with Gasteiger partial charge in [0.05, 0.1) is 24.3 Å². The van der Waals surface area contributed by atoms with Crippen molar-refractivity contribution in [3.8, 4) is 11.5 Å². The lowest BCUT2D eigenvalue weighted by Gasteiger charge is -2.35. The molecular weight excluding hydrogens is 502 g/mol. The maximum atomic E-state index is 13.1. The van der Waals surface area contributed by atoms with Crippen LogP contribution in [0.15, 0.2) is 63.1 Å². The molecular formula is C25H25N3O6S2. The smallest absolute Gasteiger partial charge is 0.338 e. The minimum Gasteiger partial charge on any atom is -0.460 e. The third kappa shape index (κ3) is 4.99. The highest BCUT2D eigenvalue weighted by molar-refractivity contribution is 8.16. The van der Waals surface area contributed by atoms with Crippen molar-refractivity contribution in [1.29, 1.82) is 0 Å². The lowest BCUT2D eigenvalue weighted by Crippen LogP contribution is -2.37. The molecule has 9 nitrogen and oxygen atoms in total. The van der Waals surface area contributed by atoms with Crippen LogP contribution in [0, 0.1) is 0 Å². The summed E-state index contributed by atoms with van der Waals surface area (Å²) in [5.74, 6) is 0.807. The van der Waals surface area contributed by atoms with E-state index in [9.17, 15) is 9.59 Å². The van der Waals surface area contributed by atoms with Crippen LogP contribution in [0.5, 0.6) is 11.5 Å². The number of hydrogen-bond donors (Lipinski definition) is 1. The summed E-state index contributed by atoms with van der Waals surface area (Å²) >= 11 is 2.99. The van der Waals surface area contributed by atoms with Gasteiger partial charge >= 0.3 is 5.97 Å². The van der Waals surface area contributed by atoms with Gasteiger partial charge in [0.2, 0.25) is 12.7 Å². The van der Waals surface area contributed by atoms with E-state index in [1.165, 1.54) is 11.8 Å². The number of thioether (sulfide) groups is 1. The highest BCUT2D eigenvalue weighted by Gasteiger charge is 2.41. The molecule has 3 aliphatic rings. The summed E-state index contributed by atoms with van der Waals surface area (Å²) in [5, 5.41) is 7.60. The summed E-state index contributed by atoms with van der Waals surface area (Å²) in [4.78, 5) is 33.6. The highest BCUT2D eigenvalue weighted by Crippen LogP contribution is 2.45. The van der Waals surface area contributed by atoms with Gasteiger partial charge in [0.25, 0.3) is 0 Å². The fraction of sp³-hybridized carbons (Fsp3) is 0.320. The van der Waals surface area contributed by atoms with Crippen LogP contribution in [0.2, 0.25) is 0 Å². The van der Waals surface area contributed by atoms with Crippen molar-refractivity contribution in [3.05, 3.63) is 68.5 Å². The Hall–Kier alpha value is -3.28. The molecule has 0 spiro atoms. The molecule has 4 heterocycles. The van der Waals surface area contributed by atoms with Crippen LogP contribution < -0.4 is 14.8 Å². The molecule has 0 fully saturated rings. The van der Waals surface area contributed by atoms with Gasteiger partial charge in [-0.2, -0.15) is 0 Å². The molecule has 0 bridgehead atoms. The van der Waals surface area contributed by atoms with Gasteiger partial charge in [0, 0.05) is 24.2 Å². The molecule has 0 saturated carbocycles. The predicted octanol–water partition coefficient (Wildman–Crippen LogP) is 3.95. The number of methoxy groups -OCH3 is 1. The number of amides is 1. The summed E-state index contributed by atoms with van der Waals surface area (Å²) in [5.41, 5.74) is 2.76. The molecule has 36 heavy (non-hydrogen) atoms. The first-order valence-electron chi connectivity index (χ1n) is 11.3. The zero-order valence-electron chi connectivity index (χ0n) is 19.8. The van der Waals surface area contributed by atoms with Gasteiger partial charge in [-0.25, -0.2) is 9.79 Å². The van der Waals surface area contributed by atoms with Crippen molar-refractivity contribution in [1.82, 2.24) is 10.2 Å². The molecule has 2 aromatic rings. The SMILES string of the molecule is COCCOC(=O)C1=C(C)N=C2SC=C(CC(=O)NCc3ccc4c(c3)OCO4)N2C1c1cccs1. The molecule has 1 atom stereocenters. The fourth-order valence-electron chi connectivity index (χ4n) is 4.12. The predicted molar refractivity (Wildman–Crippen MR) is 137 cm³/mol. The van der Waals surface area contributed by atoms with Crippen LogP contribution in [0.3, 0.4) is 0 Å². The highest BCUT2D eigenvalue weighted by atomic mass is 32.2. The van der Waals surface area contributed by atoms with Crippen LogP contribution in [0.4, 0.5) is 0 Å². The molecule has 0 saturated heterocycles. The second-order valence-corrected chi connectivity index (χ2v) is 9.99. The van der Waals surface area contributed by atoms with E-state index in [0.717, 1.165) is 21.3 Å². The molecule has 5 rings (SSSR count). The summed E-state index contributed by atoms with van der Waals surface area (Å²) < 4.78 is 21.2. The zero-order valence-corrected chi connectivity index (χ0v) is 21.4. The minimum atomic E-state index is -0.436. The number of ether oxygens (including phenoxy) is 4. The van der Waals surface area contributed by atoms with E-state index in [0.29, 0.717) is 35.9 Å². The van der Waals surface area contributed by atoms with Gasteiger partial charge in [0.15, 0.2) is 16.7 Å². The van der Waals surface area contributed by atoms with E-state index >= 15 is 0 Å². The largest absolute Gasteiger partial charge is 0.460 e. The number of rotatable bonds is 9. The summed E-state index contributed by atoms with van der Waals surface area (Å²) in [7, 11) is 1.56. The van der Waals surface area contributed by atoms with E-state index in [1.54, 1.807) is 18.4 Å². The summed E-state index contributed by atoms with van der Waals surface area (Å²) in [6.45, 7) is 2.85. The van der Waals surface area contributed by atoms with Crippen molar-refractivity contribution in [2.75, 3.05) is 27.1 Å². The average molecular weight is 528 g/mol. The van der Waals surface area contributed by atoms with E-state index < -0.39 is 12.0 Å². The molecule has 1 N–H and O–H groups in total. The third-order valence-corrected chi connectivity index (χ3v) is 7.64. The molecule has 11 heteroatoms. The maximum Gasteiger partial charge on any atom is 0.338 e. The number of amidine groups is 1. The van der Waals surface area contributed by atoms with Crippen LogP contribution >= 0.6 is 23.1 Å². The standard InChI is InChI=1S/C25H25N3O6S2/c1-15-22(24(30)32-8-7-31-2)23(20-4-3-9-35-20)28-17(13-36-25(28)27-15)11-21(29)26-12-16-5-6-18-19(10-16)34-14-33-18/h3-6,9-10,13,23H,7-8,11-12,14H2,1-2H3,(H,26,29). The average Bonchev–Trinajstić information content (AvgIpc) is 3.63. The van der Waals surface area contributed by atoms with Gasteiger partial charge in [-0.05, 0) is 41.5 Å². The van der Waals surface area contributed by atoms with E-state index in [1.807, 2.05) is 52.9 Å². The lowest BCUT2D eigenvalue weighted by molar-refractivity contribution is -0.141. The Bertz CT molecular complexity index is 1250. The first-order valence-corrected chi connectivity index (χ1v) is 13.1. The summed E-state index contributed by atoms with van der Waals surface area (Å²) in [6, 6.07) is 9.10. The first-order chi connectivity index (χ1) is 17.5. The van der Waals surface area contributed by atoms with Gasteiger partial charge in [-0.15, -0.1) is 11.3 Å². The molecule has 0 radical (unpaired) electrons. The minimum absolute atomic E-state index is 0.138. The van der Waals surface area contributed by atoms with Gasteiger partial charge in [-0.1, -0.05) is 23.9 Å². The third-order valence-electron chi connectivity index (χ3n) is 5.82. The number of hydrogen-bond acceptors (Lipinski definition) is 10. The number of carbonyl (C=O) groups is 2. The van der Waals surface area contributed by atoms with Gasteiger partial charge in [-0.3, -0.25) is 4.79 Å². The van der Waals surface area contributed by atoms with Crippen molar-refractivity contribution in [3.63, 3.8) is 0 Å². The van der Waals surface area contributed by atoms with E-state index in [-0.39, 0.29) is 25.7 Å². The van der Waals surface area contributed by atoms with Crippen LogP contribution in [0.1, 0.15) is 29.8 Å². The van der Waals surface area contributed by atoms with Crippen molar-refractivity contribution >= 4 is 40.1 Å². The second-order valence-electron chi connectivity index (χ2n) is 8.18. The number of nitrogens with zero attached hydrogens (tertiary/aromatic N) is 2. The Kier molecular flexibility index (Phi) is 7.30. The molecule has 1 aromatic heterocycles. The summed E-state index contributed by atoms with van der Waals surface area (Å²) in [6.07, 6.45) is 0.142. The lowest BCUT2D eigenvalue weighted by atomic mass is 9.99. The van der Waals surface area contributed by atoms with E-state index in [2.05, 4.69) is 10.3 Å².